The summed E-state index contributed by atoms with van der Waals surface area (Å²) in [7, 11) is 0. The molecule has 2 aromatic heterocycles. The number of carbonyl (C=O) groups excluding carboxylic acids is 1. The van der Waals surface area contributed by atoms with E-state index in [4.69, 9.17) is 11.6 Å². The van der Waals surface area contributed by atoms with Crippen molar-refractivity contribution in [3.63, 3.8) is 0 Å². The summed E-state index contributed by atoms with van der Waals surface area (Å²) in [6, 6.07) is 2.06. The van der Waals surface area contributed by atoms with E-state index in [9.17, 15) is 9.59 Å². The number of aryl methyl sites for hydroxylation is 1. The van der Waals surface area contributed by atoms with Gasteiger partial charge in [-0.25, -0.2) is 4.68 Å². The van der Waals surface area contributed by atoms with Crippen molar-refractivity contribution >= 4 is 23.2 Å². The van der Waals surface area contributed by atoms with Crippen LogP contribution in [-0.4, -0.2) is 26.7 Å². The minimum Gasteiger partial charge on any atom is -0.379 e. The lowest BCUT2D eigenvalue weighted by molar-refractivity contribution is -0.122. The molecule has 1 amide bonds. The molecule has 2 aromatic rings. The van der Waals surface area contributed by atoms with E-state index in [1.54, 1.807) is 18.6 Å². The second-order valence-electron chi connectivity index (χ2n) is 9.77. The highest BCUT2D eigenvalue weighted by molar-refractivity contribution is 6.32. The molecule has 1 aliphatic carbocycles. The Hall–Kier alpha value is -2.41. The van der Waals surface area contributed by atoms with Gasteiger partial charge in [0.05, 0.1) is 11.9 Å². The zero-order chi connectivity index (χ0) is 23.6. The molecule has 1 aliphatic rings. The number of anilines is 1. The Kier molecular flexibility index (Phi) is 7.28. The maximum Gasteiger partial charge on any atom is 0.288 e. The number of nitrogens with zero attached hydrogens (tertiary/aromatic N) is 3. The first-order valence-corrected chi connectivity index (χ1v) is 11.6. The van der Waals surface area contributed by atoms with Crippen LogP contribution in [0, 0.1) is 30.1 Å². The Morgan fingerprint density at radius 2 is 2.00 bits per heavy atom. The Morgan fingerprint density at radius 3 is 2.69 bits per heavy atom. The predicted octanol–water partition coefficient (Wildman–Crippen LogP) is 4.04. The smallest absolute Gasteiger partial charge is 0.288 e. The van der Waals surface area contributed by atoms with E-state index in [-0.39, 0.29) is 28.9 Å². The van der Waals surface area contributed by atoms with Gasteiger partial charge in [-0.3, -0.25) is 14.6 Å². The third kappa shape index (κ3) is 4.98. The molecule has 8 heteroatoms. The fourth-order valence-corrected chi connectivity index (χ4v) is 4.73. The summed E-state index contributed by atoms with van der Waals surface area (Å²) in [5.41, 5.74) is 2.27. The molecule has 7 nitrogen and oxygen atoms in total. The molecule has 0 radical (unpaired) electrons. The number of hydrogen-bond acceptors (Lipinski definition) is 5. The van der Waals surface area contributed by atoms with Crippen LogP contribution in [-0.2, 0) is 17.9 Å². The molecule has 0 spiro atoms. The standard InChI is InChI=1S/C24H34ClN5O2/c1-14-10-26-8-7-18(14)11-27-21(31)13-30-23(32)22(25)20(12-28-30)29-19-9-15(2)24(5,6)17(4)16(19)3/h7-8,10,12,15-17,19,29H,9,11,13H2,1-6H3,(H,27,31)/t15-,16+,17+,19+/m0/s1. The van der Waals surface area contributed by atoms with Crippen LogP contribution in [0.25, 0.3) is 0 Å². The zero-order valence-electron chi connectivity index (χ0n) is 19.8. The molecule has 1 fully saturated rings. The van der Waals surface area contributed by atoms with E-state index in [0.29, 0.717) is 30.0 Å². The number of carbonyl (C=O) groups is 1. The van der Waals surface area contributed by atoms with Gasteiger partial charge in [0.15, 0.2) is 0 Å². The van der Waals surface area contributed by atoms with Gasteiger partial charge >= 0.3 is 0 Å². The number of nitrogens with one attached hydrogen (secondary N) is 2. The molecule has 0 aliphatic heterocycles. The molecule has 0 unspecified atom stereocenters. The lowest BCUT2D eigenvalue weighted by atomic mass is 9.58. The molecule has 174 valence electrons. The number of rotatable bonds is 6. The highest BCUT2D eigenvalue weighted by atomic mass is 35.5. The van der Waals surface area contributed by atoms with Crippen LogP contribution in [0.15, 0.2) is 29.5 Å². The Labute approximate surface area is 195 Å². The summed E-state index contributed by atoms with van der Waals surface area (Å²) in [5.74, 6) is 1.16. The summed E-state index contributed by atoms with van der Waals surface area (Å²) in [5, 5.41) is 10.5. The SMILES string of the molecule is Cc1cnccc1CNC(=O)Cn1ncc(N[C@@H]2C[C@H](C)C(C)(C)[C@H](C)[C@H]2C)c(Cl)c1=O. The van der Waals surface area contributed by atoms with Gasteiger partial charge < -0.3 is 10.6 Å². The summed E-state index contributed by atoms with van der Waals surface area (Å²) >= 11 is 6.40. The second kappa shape index (κ2) is 9.61. The minimum absolute atomic E-state index is 0.0649. The van der Waals surface area contributed by atoms with Gasteiger partial charge in [-0.1, -0.05) is 46.2 Å². The number of pyridine rings is 1. The van der Waals surface area contributed by atoms with Crippen LogP contribution in [0.1, 0.15) is 52.2 Å². The number of aromatic nitrogens is 3. The summed E-state index contributed by atoms with van der Waals surface area (Å²) in [6.07, 6.45) is 5.97. The third-order valence-corrected chi connectivity index (χ3v) is 8.07. The van der Waals surface area contributed by atoms with E-state index < -0.39 is 5.56 Å². The first kappa shape index (κ1) is 24.2. The molecule has 1 saturated carbocycles. The van der Waals surface area contributed by atoms with Crippen molar-refractivity contribution < 1.29 is 4.79 Å². The van der Waals surface area contributed by atoms with Crippen LogP contribution in [0.2, 0.25) is 5.02 Å². The van der Waals surface area contributed by atoms with E-state index in [1.807, 2.05) is 13.0 Å². The van der Waals surface area contributed by atoms with Crippen molar-refractivity contribution in [3.05, 3.63) is 51.2 Å². The van der Waals surface area contributed by atoms with Crippen molar-refractivity contribution in [2.24, 2.45) is 23.2 Å². The first-order valence-electron chi connectivity index (χ1n) is 11.2. The molecular formula is C24H34ClN5O2. The third-order valence-electron chi connectivity index (χ3n) is 7.71. The fourth-order valence-electron chi connectivity index (χ4n) is 4.53. The second-order valence-corrected chi connectivity index (χ2v) is 10.1. The van der Waals surface area contributed by atoms with Crippen molar-refractivity contribution in [1.29, 1.82) is 0 Å². The highest BCUT2D eigenvalue weighted by Gasteiger charge is 2.43. The van der Waals surface area contributed by atoms with Gasteiger partial charge in [-0.15, -0.1) is 0 Å². The quantitative estimate of drug-likeness (QED) is 0.680. The van der Waals surface area contributed by atoms with E-state index in [2.05, 4.69) is 55.3 Å². The van der Waals surface area contributed by atoms with Gasteiger partial charge in [0, 0.05) is 25.0 Å². The maximum atomic E-state index is 12.7. The van der Waals surface area contributed by atoms with E-state index >= 15 is 0 Å². The highest BCUT2D eigenvalue weighted by Crippen LogP contribution is 2.48. The van der Waals surface area contributed by atoms with Gasteiger partial charge in [-0.2, -0.15) is 5.10 Å². The largest absolute Gasteiger partial charge is 0.379 e. The number of halogens is 1. The van der Waals surface area contributed by atoms with Crippen LogP contribution < -0.4 is 16.2 Å². The summed E-state index contributed by atoms with van der Waals surface area (Å²) < 4.78 is 1.10. The zero-order valence-corrected chi connectivity index (χ0v) is 20.5. The lowest BCUT2D eigenvalue weighted by Crippen LogP contribution is -2.48. The Balaban J connectivity index is 1.67. The van der Waals surface area contributed by atoms with E-state index in [1.165, 1.54) is 0 Å². The van der Waals surface area contributed by atoms with Gasteiger partial charge in [0.1, 0.15) is 11.6 Å². The minimum atomic E-state index is -0.475. The van der Waals surface area contributed by atoms with E-state index in [0.717, 1.165) is 22.2 Å². The first-order chi connectivity index (χ1) is 15.0. The summed E-state index contributed by atoms with van der Waals surface area (Å²) in [4.78, 5) is 29.1. The van der Waals surface area contributed by atoms with Gasteiger partial charge in [0.25, 0.3) is 5.56 Å². The lowest BCUT2D eigenvalue weighted by Gasteiger charge is -2.50. The fraction of sp³-hybridized carbons (Fsp3) is 0.583. The molecular weight excluding hydrogens is 426 g/mol. The molecule has 3 rings (SSSR count). The van der Waals surface area contributed by atoms with Crippen LogP contribution >= 0.6 is 11.6 Å². The molecule has 0 saturated heterocycles. The molecule has 4 atom stereocenters. The molecule has 2 heterocycles. The van der Waals surface area contributed by atoms with Crippen LogP contribution in [0.4, 0.5) is 5.69 Å². The topological polar surface area (TPSA) is 88.9 Å². The van der Waals surface area contributed by atoms with Crippen molar-refractivity contribution in [2.45, 2.75) is 67.1 Å². The number of amides is 1. The van der Waals surface area contributed by atoms with Crippen LogP contribution in [0.5, 0.6) is 0 Å². The van der Waals surface area contributed by atoms with Gasteiger partial charge in [-0.05, 0) is 53.7 Å². The van der Waals surface area contributed by atoms with Crippen molar-refractivity contribution in [1.82, 2.24) is 20.1 Å². The average Bonchev–Trinajstić information content (AvgIpc) is 2.75. The Morgan fingerprint density at radius 1 is 1.28 bits per heavy atom. The van der Waals surface area contributed by atoms with Crippen LogP contribution in [0.3, 0.4) is 0 Å². The normalized spacial score (nSPS) is 24.7. The van der Waals surface area contributed by atoms with Crippen molar-refractivity contribution in [3.8, 4) is 0 Å². The summed E-state index contributed by atoms with van der Waals surface area (Å²) in [6.45, 7) is 13.6. The monoisotopic (exact) mass is 459 g/mol. The molecule has 0 aromatic carbocycles. The average molecular weight is 460 g/mol. The number of hydrogen-bond donors (Lipinski definition) is 2. The molecule has 0 bridgehead atoms. The van der Waals surface area contributed by atoms with Crippen molar-refractivity contribution in [2.75, 3.05) is 5.32 Å². The Bertz CT molecular complexity index is 1040. The maximum absolute atomic E-state index is 12.7. The van der Waals surface area contributed by atoms with Gasteiger partial charge in [0.2, 0.25) is 5.91 Å². The molecule has 32 heavy (non-hydrogen) atoms. The molecule has 2 N–H and O–H groups in total. The predicted molar refractivity (Wildman–Crippen MR) is 128 cm³/mol.